The average molecular weight is 365 g/mol. The molecule has 2 aromatic carbocycles. The molecule has 1 atom stereocenters. The maximum absolute atomic E-state index is 12.6. The Morgan fingerprint density at radius 1 is 1.23 bits per heavy atom. The largest absolute Gasteiger partial charge is 0.312 e. The summed E-state index contributed by atoms with van der Waals surface area (Å²) in [4.78, 5) is 31.1. The highest BCUT2D eigenvalue weighted by Crippen LogP contribution is 2.29. The van der Waals surface area contributed by atoms with Crippen LogP contribution >= 0.6 is 11.3 Å². The van der Waals surface area contributed by atoms with Crippen LogP contribution in [-0.2, 0) is 16.0 Å². The molecule has 132 valence electrons. The molecule has 0 bridgehead atoms. The highest BCUT2D eigenvalue weighted by molar-refractivity contribution is 7.22. The van der Waals surface area contributed by atoms with Crippen molar-refractivity contribution in [2.45, 2.75) is 19.8 Å². The Bertz CT molecular complexity index is 932. The lowest BCUT2D eigenvalue weighted by Gasteiger charge is -2.17. The Labute approximate surface area is 155 Å². The van der Waals surface area contributed by atoms with Gasteiger partial charge >= 0.3 is 0 Å². The lowest BCUT2D eigenvalue weighted by molar-refractivity contribution is -0.122. The second kappa shape index (κ2) is 6.88. The van der Waals surface area contributed by atoms with E-state index in [0.717, 1.165) is 22.3 Å². The number of hydrogen-bond donors (Lipinski definition) is 1. The van der Waals surface area contributed by atoms with Crippen molar-refractivity contribution in [2.75, 3.05) is 16.8 Å². The molecule has 5 nitrogen and oxygen atoms in total. The van der Waals surface area contributed by atoms with Gasteiger partial charge in [-0.3, -0.25) is 9.59 Å². The first kappa shape index (κ1) is 16.7. The molecule has 3 aromatic rings. The second-order valence-corrected chi connectivity index (χ2v) is 7.43. The first-order valence-electron chi connectivity index (χ1n) is 8.70. The van der Waals surface area contributed by atoms with Crippen molar-refractivity contribution in [1.29, 1.82) is 0 Å². The number of aryl methyl sites for hydroxylation is 1. The number of carbonyl (C=O) groups excluding carboxylic acids is 2. The van der Waals surface area contributed by atoms with Crippen LogP contribution in [0.1, 0.15) is 18.9 Å². The zero-order chi connectivity index (χ0) is 18.1. The van der Waals surface area contributed by atoms with Gasteiger partial charge in [0.25, 0.3) is 0 Å². The van der Waals surface area contributed by atoms with E-state index in [9.17, 15) is 9.59 Å². The molecule has 26 heavy (non-hydrogen) atoms. The highest BCUT2D eigenvalue weighted by atomic mass is 32.1. The summed E-state index contributed by atoms with van der Waals surface area (Å²) in [6, 6.07) is 15.7. The topological polar surface area (TPSA) is 62.3 Å². The number of amides is 2. The lowest BCUT2D eigenvalue weighted by atomic mass is 10.1. The van der Waals surface area contributed by atoms with Crippen LogP contribution in [0, 0.1) is 5.92 Å². The normalized spacial score (nSPS) is 17.0. The third-order valence-corrected chi connectivity index (χ3v) is 5.63. The van der Waals surface area contributed by atoms with Crippen molar-refractivity contribution in [3.63, 3.8) is 0 Å². The second-order valence-electron chi connectivity index (χ2n) is 6.40. The van der Waals surface area contributed by atoms with Gasteiger partial charge in [0.05, 0.1) is 16.1 Å². The van der Waals surface area contributed by atoms with Crippen molar-refractivity contribution in [2.24, 2.45) is 5.92 Å². The summed E-state index contributed by atoms with van der Waals surface area (Å²) in [6.45, 7) is 2.50. The Morgan fingerprint density at radius 3 is 2.73 bits per heavy atom. The molecular weight excluding hydrogens is 346 g/mol. The maximum Gasteiger partial charge on any atom is 0.231 e. The molecule has 1 aliphatic rings. The molecule has 0 aliphatic carbocycles. The molecule has 4 rings (SSSR count). The molecule has 1 aliphatic heterocycles. The summed E-state index contributed by atoms with van der Waals surface area (Å²) in [6.07, 6.45) is 1.19. The number of aromatic nitrogens is 1. The van der Waals surface area contributed by atoms with Crippen LogP contribution in [0.15, 0.2) is 48.5 Å². The zero-order valence-corrected chi connectivity index (χ0v) is 15.3. The average Bonchev–Trinajstić information content (AvgIpc) is 3.24. The van der Waals surface area contributed by atoms with Gasteiger partial charge in [-0.15, -0.1) is 0 Å². The van der Waals surface area contributed by atoms with E-state index in [2.05, 4.69) is 17.2 Å². The first-order chi connectivity index (χ1) is 12.6. The van der Waals surface area contributed by atoms with Crippen LogP contribution in [0.5, 0.6) is 0 Å². The molecule has 0 unspecified atom stereocenters. The van der Waals surface area contributed by atoms with E-state index in [-0.39, 0.29) is 24.2 Å². The van der Waals surface area contributed by atoms with Crippen LogP contribution in [0.2, 0.25) is 0 Å². The fourth-order valence-corrected chi connectivity index (χ4v) is 4.05. The number of rotatable bonds is 4. The monoisotopic (exact) mass is 365 g/mol. The Balaban J connectivity index is 1.46. The van der Waals surface area contributed by atoms with Gasteiger partial charge < -0.3 is 10.2 Å². The van der Waals surface area contributed by atoms with E-state index >= 15 is 0 Å². The smallest absolute Gasteiger partial charge is 0.231 e. The molecule has 0 spiro atoms. The molecule has 0 saturated carbocycles. The van der Waals surface area contributed by atoms with Gasteiger partial charge in [0.1, 0.15) is 0 Å². The van der Waals surface area contributed by atoms with E-state index < -0.39 is 0 Å². The van der Waals surface area contributed by atoms with Crippen LogP contribution in [-0.4, -0.2) is 23.3 Å². The number of anilines is 2. The highest BCUT2D eigenvalue weighted by Gasteiger charge is 2.35. The van der Waals surface area contributed by atoms with Crippen LogP contribution in [0.4, 0.5) is 10.8 Å². The quantitative estimate of drug-likeness (QED) is 0.764. The predicted octanol–water partition coefficient (Wildman–Crippen LogP) is 3.85. The van der Waals surface area contributed by atoms with Gasteiger partial charge in [-0.2, -0.15) is 0 Å². The summed E-state index contributed by atoms with van der Waals surface area (Å²) in [7, 11) is 0. The van der Waals surface area contributed by atoms with Crippen molar-refractivity contribution in [1.82, 2.24) is 4.98 Å². The number of para-hydroxylation sites is 1. The van der Waals surface area contributed by atoms with Crippen molar-refractivity contribution in [3.05, 3.63) is 54.1 Å². The van der Waals surface area contributed by atoms with Gasteiger partial charge in [-0.25, -0.2) is 4.98 Å². The van der Waals surface area contributed by atoms with E-state index in [0.29, 0.717) is 11.7 Å². The van der Waals surface area contributed by atoms with E-state index in [1.54, 1.807) is 4.90 Å². The number of nitrogens with one attached hydrogen (secondary N) is 1. The number of carbonyl (C=O) groups is 2. The maximum atomic E-state index is 12.6. The van der Waals surface area contributed by atoms with Crippen molar-refractivity contribution in [3.8, 4) is 0 Å². The molecular formula is C20H19N3O2S. The lowest BCUT2D eigenvalue weighted by Crippen LogP contribution is -2.28. The summed E-state index contributed by atoms with van der Waals surface area (Å²) >= 11 is 1.44. The van der Waals surface area contributed by atoms with E-state index in [4.69, 9.17) is 0 Å². The first-order valence-corrected chi connectivity index (χ1v) is 9.51. The minimum Gasteiger partial charge on any atom is -0.312 e. The van der Waals surface area contributed by atoms with E-state index in [1.165, 1.54) is 16.9 Å². The SMILES string of the molecule is CCc1ccc(N2C[C@@H](C(=O)Nc3nc4ccccc4s3)CC2=O)cc1. The molecule has 1 fully saturated rings. The predicted molar refractivity (Wildman–Crippen MR) is 105 cm³/mol. The van der Waals surface area contributed by atoms with Crippen LogP contribution < -0.4 is 10.2 Å². The summed E-state index contributed by atoms with van der Waals surface area (Å²) in [5, 5.41) is 3.45. The Kier molecular flexibility index (Phi) is 4.42. The third-order valence-electron chi connectivity index (χ3n) is 4.68. The Hall–Kier alpha value is -2.73. The van der Waals surface area contributed by atoms with Gasteiger partial charge in [-0.05, 0) is 36.2 Å². The van der Waals surface area contributed by atoms with E-state index in [1.807, 2.05) is 48.5 Å². The summed E-state index contributed by atoms with van der Waals surface area (Å²) in [5.41, 5.74) is 2.95. The fraction of sp³-hybridized carbons (Fsp3) is 0.250. The van der Waals surface area contributed by atoms with Crippen LogP contribution in [0.25, 0.3) is 10.2 Å². The van der Waals surface area contributed by atoms with Crippen molar-refractivity contribution < 1.29 is 9.59 Å². The number of fused-ring (bicyclic) bond motifs is 1. The molecule has 2 heterocycles. The van der Waals surface area contributed by atoms with Gasteiger partial charge in [0, 0.05) is 18.7 Å². The number of hydrogen-bond acceptors (Lipinski definition) is 4. The standard InChI is InChI=1S/C20H19N3O2S/c1-2-13-7-9-15(10-8-13)23-12-14(11-18(23)24)19(25)22-20-21-16-5-3-4-6-17(16)26-20/h3-10,14H,2,11-12H2,1H3,(H,21,22,25)/t14-/m0/s1. The third kappa shape index (κ3) is 3.20. The fourth-order valence-electron chi connectivity index (χ4n) is 3.18. The van der Waals surface area contributed by atoms with Gasteiger partial charge in [0.2, 0.25) is 11.8 Å². The molecule has 2 amide bonds. The molecule has 0 radical (unpaired) electrons. The van der Waals surface area contributed by atoms with Gasteiger partial charge in [0.15, 0.2) is 5.13 Å². The number of thiazole rings is 1. The van der Waals surface area contributed by atoms with Crippen molar-refractivity contribution >= 4 is 44.2 Å². The molecule has 1 N–H and O–H groups in total. The minimum atomic E-state index is -0.361. The molecule has 1 aromatic heterocycles. The zero-order valence-electron chi connectivity index (χ0n) is 14.4. The van der Waals surface area contributed by atoms with Crippen LogP contribution in [0.3, 0.4) is 0 Å². The number of benzene rings is 2. The Morgan fingerprint density at radius 2 is 2.00 bits per heavy atom. The number of nitrogens with zero attached hydrogens (tertiary/aromatic N) is 2. The summed E-state index contributed by atoms with van der Waals surface area (Å²) < 4.78 is 1.03. The molecule has 6 heteroatoms. The van der Waals surface area contributed by atoms with Gasteiger partial charge in [-0.1, -0.05) is 42.5 Å². The minimum absolute atomic E-state index is 0.0151. The molecule has 1 saturated heterocycles. The summed E-state index contributed by atoms with van der Waals surface area (Å²) in [5.74, 6) is -0.524.